The molecule has 0 unspecified atom stereocenters. The standard InChI is InChI=1S/C18H21ClN2O4S/c1-10(2)5-6-25-16-13(19)7-12(8-15(16)24-4)17(23)21-18-20-14(9-26-18)11(3)22/h7-10H,5-6H2,1-4H3,(H,20,21,23). The van der Waals surface area contributed by atoms with Crippen LogP contribution in [0.15, 0.2) is 17.5 Å². The topological polar surface area (TPSA) is 77.5 Å². The fourth-order valence-electron chi connectivity index (χ4n) is 2.05. The van der Waals surface area contributed by atoms with Gasteiger partial charge < -0.3 is 9.47 Å². The van der Waals surface area contributed by atoms with Gasteiger partial charge >= 0.3 is 0 Å². The minimum atomic E-state index is -0.400. The molecule has 2 rings (SSSR count). The zero-order chi connectivity index (χ0) is 19.3. The summed E-state index contributed by atoms with van der Waals surface area (Å²) in [5, 5.41) is 4.88. The van der Waals surface area contributed by atoms with Crippen molar-refractivity contribution in [2.24, 2.45) is 5.92 Å². The number of ether oxygens (including phenoxy) is 2. The molecule has 1 aromatic carbocycles. The van der Waals surface area contributed by atoms with Crippen LogP contribution in [0.25, 0.3) is 0 Å². The summed E-state index contributed by atoms with van der Waals surface area (Å²) >= 11 is 7.46. The van der Waals surface area contributed by atoms with Crippen LogP contribution < -0.4 is 14.8 Å². The van der Waals surface area contributed by atoms with Crippen LogP contribution in [0.2, 0.25) is 5.02 Å². The van der Waals surface area contributed by atoms with Gasteiger partial charge in [0.05, 0.1) is 18.7 Å². The number of nitrogens with one attached hydrogen (secondary N) is 1. The zero-order valence-electron chi connectivity index (χ0n) is 15.1. The summed E-state index contributed by atoms with van der Waals surface area (Å²) in [4.78, 5) is 27.8. The Balaban J connectivity index is 2.16. The van der Waals surface area contributed by atoms with Crippen LogP contribution in [-0.4, -0.2) is 30.4 Å². The lowest BCUT2D eigenvalue weighted by molar-refractivity contribution is 0.100. The zero-order valence-corrected chi connectivity index (χ0v) is 16.7. The Morgan fingerprint density at radius 3 is 2.65 bits per heavy atom. The predicted octanol–water partition coefficient (Wildman–Crippen LogP) is 4.68. The molecule has 0 saturated carbocycles. The van der Waals surface area contributed by atoms with Crippen LogP contribution in [0, 0.1) is 5.92 Å². The first-order valence-corrected chi connectivity index (χ1v) is 9.35. The van der Waals surface area contributed by atoms with Gasteiger partial charge in [-0.15, -0.1) is 11.3 Å². The first-order valence-electron chi connectivity index (χ1n) is 8.10. The molecule has 8 heteroatoms. The number of aromatic nitrogens is 1. The molecule has 0 bridgehead atoms. The third-order valence-corrected chi connectivity index (χ3v) is 4.56. The van der Waals surface area contributed by atoms with Crippen molar-refractivity contribution in [2.45, 2.75) is 27.2 Å². The molecule has 6 nitrogen and oxygen atoms in total. The van der Waals surface area contributed by atoms with Gasteiger partial charge in [0.15, 0.2) is 22.4 Å². The molecular formula is C18H21ClN2O4S. The Morgan fingerprint density at radius 2 is 2.08 bits per heavy atom. The van der Waals surface area contributed by atoms with E-state index in [4.69, 9.17) is 21.1 Å². The maximum atomic E-state index is 12.4. The van der Waals surface area contributed by atoms with E-state index >= 15 is 0 Å². The molecule has 140 valence electrons. The Morgan fingerprint density at radius 1 is 1.35 bits per heavy atom. The number of anilines is 1. The molecule has 0 fully saturated rings. The van der Waals surface area contributed by atoms with Gasteiger partial charge in [0.25, 0.3) is 5.91 Å². The predicted molar refractivity (Wildman–Crippen MR) is 103 cm³/mol. The van der Waals surface area contributed by atoms with E-state index < -0.39 is 5.91 Å². The van der Waals surface area contributed by atoms with E-state index in [1.807, 2.05) is 0 Å². The minimum absolute atomic E-state index is 0.158. The highest BCUT2D eigenvalue weighted by molar-refractivity contribution is 7.14. The number of Topliss-reactive ketones (excluding diaryl/α,β-unsaturated/α-hetero) is 1. The fourth-order valence-corrected chi connectivity index (χ4v) is 3.06. The second-order valence-corrected chi connectivity index (χ2v) is 7.33. The molecule has 1 aromatic heterocycles. The van der Waals surface area contributed by atoms with E-state index in [1.54, 1.807) is 11.4 Å². The molecule has 0 aliphatic carbocycles. The number of hydrogen-bond acceptors (Lipinski definition) is 6. The van der Waals surface area contributed by atoms with Crippen molar-refractivity contribution in [2.75, 3.05) is 19.0 Å². The van der Waals surface area contributed by atoms with Crippen molar-refractivity contribution in [1.29, 1.82) is 0 Å². The van der Waals surface area contributed by atoms with Gasteiger partial charge in [-0.3, -0.25) is 14.9 Å². The first-order chi connectivity index (χ1) is 12.3. The van der Waals surface area contributed by atoms with Gasteiger partial charge in [-0.1, -0.05) is 25.4 Å². The smallest absolute Gasteiger partial charge is 0.257 e. The molecule has 0 atom stereocenters. The highest BCUT2D eigenvalue weighted by Gasteiger charge is 2.17. The summed E-state index contributed by atoms with van der Waals surface area (Å²) in [5.41, 5.74) is 0.623. The SMILES string of the molecule is COc1cc(C(=O)Nc2nc(C(C)=O)cs2)cc(Cl)c1OCCC(C)C. The average Bonchev–Trinajstić information content (AvgIpc) is 3.04. The second kappa shape index (κ2) is 9.00. The molecule has 0 aliphatic heterocycles. The van der Waals surface area contributed by atoms with E-state index in [0.29, 0.717) is 45.4 Å². The molecule has 0 saturated heterocycles. The Bertz CT molecular complexity index is 804. The minimum Gasteiger partial charge on any atom is -0.493 e. The van der Waals surface area contributed by atoms with Crippen molar-refractivity contribution in [3.05, 3.63) is 33.8 Å². The molecular weight excluding hydrogens is 376 g/mol. The number of benzene rings is 1. The summed E-state index contributed by atoms with van der Waals surface area (Å²) in [5.74, 6) is 0.746. The van der Waals surface area contributed by atoms with Gasteiger partial charge in [0.1, 0.15) is 5.69 Å². The number of methoxy groups -OCH3 is 1. The third kappa shape index (κ3) is 5.19. The Hall–Kier alpha value is -2.12. The molecule has 2 aromatic rings. The third-order valence-electron chi connectivity index (χ3n) is 3.52. The number of amides is 1. The second-order valence-electron chi connectivity index (χ2n) is 6.07. The lowest BCUT2D eigenvalue weighted by Gasteiger charge is -2.14. The number of hydrogen-bond donors (Lipinski definition) is 1. The number of ketones is 1. The van der Waals surface area contributed by atoms with Gasteiger partial charge in [0.2, 0.25) is 0 Å². The van der Waals surface area contributed by atoms with Crippen LogP contribution in [0.5, 0.6) is 11.5 Å². The van der Waals surface area contributed by atoms with Gasteiger partial charge in [-0.05, 0) is 24.5 Å². The van der Waals surface area contributed by atoms with Gasteiger partial charge in [0, 0.05) is 17.9 Å². The molecule has 0 aliphatic rings. The molecule has 0 spiro atoms. The number of carbonyl (C=O) groups is 2. The summed E-state index contributed by atoms with van der Waals surface area (Å²) in [6.45, 7) is 6.13. The van der Waals surface area contributed by atoms with Crippen molar-refractivity contribution in [3.8, 4) is 11.5 Å². The van der Waals surface area contributed by atoms with E-state index in [-0.39, 0.29) is 5.78 Å². The van der Waals surface area contributed by atoms with Crippen LogP contribution in [0.1, 0.15) is 48.0 Å². The maximum Gasteiger partial charge on any atom is 0.257 e. The van der Waals surface area contributed by atoms with E-state index in [1.165, 1.54) is 31.4 Å². The van der Waals surface area contributed by atoms with Crippen LogP contribution >= 0.6 is 22.9 Å². The highest BCUT2D eigenvalue weighted by atomic mass is 35.5. The maximum absolute atomic E-state index is 12.4. The largest absolute Gasteiger partial charge is 0.493 e. The molecule has 0 radical (unpaired) electrons. The van der Waals surface area contributed by atoms with Crippen molar-refractivity contribution in [1.82, 2.24) is 4.98 Å². The van der Waals surface area contributed by atoms with Crippen molar-refractivity contribution in [3.63, 3.8) is 0 Å². The molecule has 26 heavy (non-hydrogen) atoms. The monoisotopic (exact) mass is 396 g/mol. The van der Waals surface area contributed by atoms with Crippen molar-refractivity contribution >= 4 is 39.8 Å². The summed E-state index contributed by atoms with van der Waals surface area (Å²) in [7, 11) is 1.49. The molecule has 1 heterocycles. The van der Waals surface area contributed by atoms with Crippen LogP contribution in [-0.2, 0) is 0 Å². The Labute approximate surface area is 161 Å². The number of halogens is 1. The normalized spacial score (nSPS) is 10.7. The van der Waals surface area contributed by atoms with Crippen molar-refractivity contribution < 1.29 is 19.1 Å². The highest BCUT2D eigenvalue weighted by Crippen LogP contribution is 2.37. The van der Waals surface area contributed by atoms with Gasteiger partial charge in [-0.2, -0.15) is 0 Å². The van der Waals surface area contributed by atoms with Gasteiger partial charge in [-0.25, -0.2) is 4.98 Å². The summed E-state index contributed by atoms with van der Waals surface area (Å²) in [6.07, 6.45) is 0.879. The van der Waals surface area contributed by atoms with E-state index in [2.05, 4.69) is 24.1 Å². The number of thiazole rings is 1. The lowest BCUT2D eigenvalue weighted by Crippen LogP contribution is -2.13. The Kier molecular flexibility index (Phi) is 6.99. The molecule has 1 N–H and O–H groups in total. The summed E-state index contributed by atoms with van der Waals surface area (Å²) in [6, 6.07) is 3.08. The molecule has 1 amide bonds. The number of carbonyl (C=O) groups excluding carboxylic acids is 2. The average molecular weight is 397 g/mol. The quantitative estimate of drug-likeness (QED) is 0.655. The lowest BCUT2D eigenvalue weighted by atomic mass is 10.1. The first kappa shape index (κ1) is 20.2. The number of rotatable bonds is 8. The fraction of sp³-hybridized carbons (Fsp3) is 0.389. The van der Waals surface area contributed by atoms with E-state index in [0.717, 1.165) is 6.42 Å². The van der Waals surface area contributed by atoms with Crippen LogP contribution in [0.3, 0.4) is 0 Å². The van der Waals surface area contributed by atoms with Crippen LogP contribution in [0.4, 0.5) is 5.13 Å². The summed E-state index contributed by atoms with van der Waals surface area (Å²) < 4.78 is 11.0. The van der Waals surface area contributed by atoms with E-state index in [9.17, 15) is 9.59 Å². The number of nitrogens with zero attached hydrogens (tertiary/aromatic N) is 1.